The van der Waals surface area contributed by atoms with Gasteiger partial charge in [-0.25, -0.2) is 4.98 Å². The van der Waals surface area contributed by atoms with Gasteiger partial charge in [-0.15, -0.1) is 13.2 Å². The summed E-state index contributed by atoms with van der Waals surface area (Å²) >= 11 is 0. The molecule has 0 atom stereocenters. The molecule has 5 nitrogen and oxygen atoms in total. The molecule has 29 heavy (non-hydrogen) atoms. The lowest BCUT2D eigenvalue weighted by Gasteiger charge is -2.14. The number of primary amides is 1. The minimum absolute atomic E-state index is 0.115. The number of nitrogens with two attached hydrogens (primary N) is 1. The van der Waals surface area contributed by atoms with Crippen molar-refractivity contribution < 1.29 is 35.9 Å². The molecule has 0 saturated heterocycles. The number of ether oxygens (including phenoxy) is 1. The standard InChI is InChI=1S/C18H11F6N3O2/c19-17(20,21)12-3-10(4-13(6-12)29-18(22,23)24)11-5-14-9(1-2-15(25)28)7-26-16(14)27-8-11/h1-8H,(H2,25,28)(H,26,27)/b2-1+. The molecule has 0 saturated carbocycles. The first-order chi connectivity index (χ1) is 13.4. The van der Waals surface area contributed by atoms with Gasteiger partial charge in [-0.3, -0.25) is 4.79 Å². The van der Waals surface area contributed by atoms with Crippen LogP contribution in [0.4, 0.5) is 26.3 Å². The highest BCUT2D eigenvalue weighted by Crippen LogP contribution is 2.37. The van der Waals surface area contributed by atoms with Crippen LogP contribution >= 0.6 is 0 Å². The van der Waals surface area contributed by atoms with E-state index >= 15 is 0 Å². The fraction of sp³-hybridized carbons (Fsp3) is 0.111. The molecule has 0 unspecified atom stereocenters. The van der Waals surface area contributed by atoms with Crippen LogP contribution < -0.4 is 10.5 Å². The maximum absolute atomic E-state index is 13.1. The highest BCUT2D eigenvalue weighted by atomic mass is 19.4. The fourth-order valence-electron chi connectivity index (χ4n) is 2.61. The second kappa shape index (κ2) is 7.15. The number of fused-ring (bicyclic) bond motifs is 1. The first-order valence-corrected chi connectivity index (χ1v) is 7.85. The number of carbonyl (C=O) groups is 1. The van der Waals surface area contributed by atoms with Gasteiger partial charge in [0.25, 0.3) is 0 Å². The Kier molecular flexibility index (Phi) is 4.99. The molecule has 0 spiro atoms. The Hall–Kier alpha value is -3.50. The van der Waals surface area contributed by atoms with Gasteiger partial charge >= 0.3 is 12.5 Å². The molecule has 3 aromatic rings. The van der Waals surface area contributed by atoms with Gasteiger partial charge in [0, 0.05) is 35.0 Å². The molecule has 1 aromatic carbocycles. The highest BCUT2D eigenvalue weighted by molar-refractivity contribution is 5.95. The van der Waals surface area contributed by atoms with Crippen molar-refractivity contribution in [3.63, 3.8) is 0 Å². The molecule has 0 aliphatic rings. The monoisotopic (exact) mass is 415 g/mol. The molecule has 0 fully saturated rings. The third-order valence-electron chi connectivity index (χ3n) is 3.79. The van der Waals surface area contributed by atoms with Crippen LogP contribution in [-0.4, -0.2) is 22.2 Å². The van der Waals surface area contributed by atoms with Crippen LogP contribution in [0.3, 0.4) is 0 Å². The summed E-state index contributed by atoms with van der Waals surface area (Å²) in [5.41, 5.74) is 4.48. The molecule has 2 heterocycles. The van der Waals surface area contributed by atoms with Gasteiger partial charge in [-0.1, -0.05) is 0 Å². The highest BCUT2D eigenvalue weighted by Gasteiger charge is 2.35. The Balaban J connectivity index is 2.13. The zero-order valence-electron chi connectivity index (χ0n) is 14.2. The zero-order chi connectivity index (χ0) is 21.4. The molecule has 152 valence electrons. The van der Waals surface area contributed by atoms with Gasteiger partial charge in [0.1, 0.15) is 11.4 Å². The van der Waals surface area contributed by atoms with E-state index in [0.29, 0.717) is 22.7 Å². The SMILES string of the molecule is NC(=O)/C=C/c1c[nH]c2ncc(-c3cc(OC(F)(F)F)cc(C(F)(F)F)c3)cc12. The van der Waals surface area contributed by atoms with Crippen molar-refractivity contribution in [2.24, 2.45) is 5.73 Å². The maximum Gasteiger partial charge on any atom is 0.573 e. The number of carbonyl (C=O) groups excluding carboxylic acids is 1. The van der Waals surface area contributed by atoms with Crippen molar-refractivity contribution in [2.75, 3.05) is 0 Å². The lowest BCUT2D eigenvalue weighted by molar-refractivity contribution is -0.274. The first kappa shape index (κ1) is 20.2. The largest absolute Gasteiger partial charge is 0.573 e. The fourth-order valence-corrected chi connectivity index (χ4v) is 2.61. The Morgan fingerprint density at radius 3 is 2.41 bits per heavy atom. The van der Waals surface area contributed by atoms with Crippen LogP contribution in [0.15, 0.2) is 42.7 Å². The van der Waals surface area contributed by atoms with Gasteiger partial charge in [-0.2, -0.15) is 13.2 Å². The molecule has 0 aliphatic heterocycles. The first-order valence-electron chi connectivity index (χ1n) is 7.85. The predicted octanol–water partition coefficient (Wildman–Crippen LogP) is 4.65. The number of nitrogens with one attached hydrogen (secondary N) is 1. The number of aromatic nitrogens is 2. The second-order valence-corrected chi connectivity index (χ2v) is 5.89. The summed E-state index contributed by atoms with van der Waals surface area (Å²) in [7, 11) is 0. The average Bonchev–Trinajstić information content (AvgIpc) is 2.99. The Morgan fingerprint density at radius 1 is 1.07 bits per heavy atom. The van der Waals surface area contributed by atoms with E-state index in [2.05, 4.69) is 14.7 Å². The lowest BCUT2D eigenvalue weighted by atomic mass is 10.0. The lowest BCUT2D eigenvalue weighted by Crippen LogP contribution is -2.18. The number of halogens is 6. The zero-order valence-corrected chi connectivity index (χ0v) is 14.2. The van der Waals surface area contributed by atoms with E-state index in [4.69, 9.17) is 5.73 Å². The van der Waals surface area contributed by atoms with E-state index in [0.717, 1.165) is 12.1 Å². The number of rotatable bonds is 4. The minimum Gasteiger partial charge on any atom is -0.406 e. The quantitative estimate of drug-likeness (QED) is 0.481. The van der Waals surface area contributed by atoms with Gasteiger partial charge in [0.05, 0.1) is 5.56 Å². The average molecular weight is 415 g/mol. The smallest absolute Gasteiger partial charge is 0.406 e. The third-order valence-corrected chi connectivity index (χ3v) is 3.79. The van der Waals surface area contributed by atoms with Crippen LogP contribution in [0.2, 0.25) is 0 Å². The number of amides is 1. The molecule has 0 radical (unpaired) electrons. The number of nitrogens with zero attached hydrogens (tertiary/aromatic N) is 1. The summed E-state index contributed by atoms with van der Waals surface area (Å²) in [6.07, 6.45) is -4.90. The molecule has 0 aliphatic carbocycles. The summed E-state index contributed by atoms with van der Waals surface area (Å²) in [6.45, 7) is 0. The molecule has 0 bridgehead atoms. The number of alkyl halides is 6. The Morgan fingerprint density at radius 2 is 1.79 bits per heavy atom. The molecule has 11 heteroatoms. The summed E-state index contributed by atoms with van der Waals surface area (Å²) in [5, 5.41) is 0.427. The number of pyridine rings is 1. The summed E-state index contributed by atoms with van der Waals surface area (Å²) in [6, 6.07) is 3.21. The van der Waals surface area contributed by atoms with Crippen molar-refractivity contribution in [2.45, 2.75) is 12.5 Å². The van der Waals surface area contributed by atoms with E-state index < -0.39 is 29.8 Å². The van der Waals surface area contributed by atoms with Crippen LogP contribution in [0.25, 0.3) is 28.2 Å². The number of hydrogen-bond donors (Lipinski definition) is 2. The van der Waals surface area contributed by atoms with E-state index in [1.54, 1.807) is 0 Å². The molecule has 2 aromatic heterocycles. The number of H-pyrrole nitrogens is 1. The van der Waals surface area contributed by atoms with Gasteiger partial charge in [0.2, 0.25) is 5.91 Å². The molecule has 1 amide bonds. The van der Waals surface area contributed by atoms with Crippen molar-refractivity contribution in [1.29, 1.82) is 0 Å². The summed E-state index contributed by atoms with van der Waals surface area (Å²) < 4.78 is 80.6. The van der Waals surface area contributed by atoms with Gasteiger partial charge < -0.3 is 15.5 Å². The van der Waals surface area contributed by atoms with E-state index in [9.17, 15) is 31.1 Å². The number of aromatic amines is 1. The second-order valence-electron chi connectivity index (χ2n) is 5.89. The van der Waals surface area contributed by atoms with Crippen LogP contribution in [0, 0.1) is 0 Å². The van der Waals surface area contributed by atoms with Crippen molar-refractivity contribution >= 4 is 23.0 Å². The third kappa shape index (κ3) is 4.86. The van der Waals surface area contributed by atoms with E-state index in [1.807, 2.05) is 0 Å². The molecule has 3 rings (SSSR count). The maximum atomic E-state index is 13.1. The van der Waals surface area contributed by atoms with Crippen LogP contribution in [-0.2, 0) is 11.0 Å². The van der Waals surface area contributed by atoms with Crippen molar-refractivity contribution in [3.05, 3.63) is 53.9 Å². The van der Waals surface area contributed by atoms with Crippen molar-refractivity contribution in [3.8, 4) is 16.9 Å². The topological polar surface area (TPSA) is 81.0 Å². The number of hydrogen-bond acceptors (Lipinski definition) is 3. The van der Waals surface area contributed by atoms with Crippen LogP contribution in [0.5, 0.6) is 5.75 Å². The molecular weight excluding hydrogens is 404 g/mol. The van der Waals surface area contributed by atoms with Crippen LogP contribution in [0.1, 0.15) is 11.1 Å². The molecular formula is C18H11F6N3O2. The predicted molar refractivity (Wildman–Crippen MR) is 91.4 cm³/mol. The van der Waals surface area contributed by atoms with E-state index in [-0.39, 0.29) is 17.2 Å². The van der Waals surface area contributed by atoms with Gasteiger partial charge in [0.15, 0.2) is 0 Å². The summed E-state index contributed by atoms with van der Waals surface area (Å²) in [5.74, 6) is -1.72. The summed E-state index contributed by atoms with van der Waals surface area (Å²) in [4.78, 5) is 17.8. The Labute approximate surface area is 158 Å². The Bertz CT molecular complexity index is 1100. The van der Waals surface area contributed by atoms with Crippen molar-refractivity contribution in [1.82, 2.24) is 9.97 Å². The van der Waals surface area contributed by atoms with E-state index in [1.165, 1.54) is 24.5 Å². The van der Waals surface area contributed by atoms with Gasteiger partial charge in [-0.05, 0) is 35.9 Å². The number of benzene rings is 1. The molecule has 3 N–H and O–H groups in total. The normalized spacial score (nSPS) is 12.6. The minimum atomic E-state index is -5.16.